The zero-order chi connectivity index (χ0) is 21.1. The predicted octanol–water partition coefficient (Wildman–Crippen LogP) is 4.62. The second kappa shape index (κ2) is 40.7. The van der Waals surface area contributed by atoms with E-state index in [4.69, 9.17) is 18.1 Å². The monoisotopic (exact) mass is 497 g/mol. The summed E-state index contributed by atoms with van der Waals surface area (Å²) >= 11 is -1.86. The summed E-state index contributed by atoms with van der Waals surface area (Å²) in [6, 6.07) is 12.0. The summed E-state index contributed by atoms with van der Waals surface area (Å²) in [5.74, 6) is 0. The molecule has 0 amide bonds. The Bertz CT molecular complexity index is 338. The third kappa shape index (κ3) is 51.8. The van der Waals surface area contributed by atoms with Crippen LogP contribution in [-0.4, -0.2) is 33.5 Å². The number of hydrogen-bond donors (Lipinski definition) is 0. The van der Waals surface area contributed by atoms with Crippen LogP contribution < -0.4 is 0 Å². The number of unbranched alkanes of at least 4 members (excludes halogenated alkanes) is 3. The minimum atomic E-state index is -1.86. The molecular formula is C20H32MoO4PS-5. The van der Waals surface area contributed by atoms with Crippen molar-refractivity contribution < 1.29 is 39.1 Å². The van der Waals surface area contributed by atoms with Gasteiger partial charge in [0, 0.05) is 29.0 Å². The molecule has 158 valence electrons. The first-order valence-corrected chi connectivity index (χ1v) is 12.3. The van der Waals surface area contributed by atoms with Gasteiger partial charge in [-0.15, -0.1) is 0 Å². The number of hydrogen-bond acceptors (Lipinski definition) is 2. The van der Waals surface area contributed by atoms with Crippen molar-refractivity contribution in [3.05, 3.63) is 43.6 Å². The van der Waals surface area contributed by atoms with Crippen molar-refractivity contribution >= 4 is 19.0 Å². The van der Waals surface area contributed by atoms with Gasteiger partial charge in [0.05, 0.1) is 18.5 Å². The molecule has 1 atom stereocenters. The summed E-state index contributed by atoms with van der Waals surface area (Å²) in [6.45, 7) is 16.0. The molecule has 4 nitrogen and oxygen atoms in total. The molecule has 1 unspecified atom stereocenters. The molecule has 0 aliphatic heterocycles. The van der Waals surface area contributed by atoms with Crippen LogP contribution >= 0.6 is 7.92 Å². The Morgan fingerprint density at radius 2 is 1.15 bits per heavy atom. The Kier molecular flexibility index (Phi) is 56.9. The third-order valence-electron chi connectivity index (χ3n) is 3.00. The van der Waals surface area contributed by atoms with E-state index in [1.54, 1.807) is 24.6 Å². The zero-order valence-electron chi connectivity index (χ0n) is 16.9. The molecule has 0 bridgehead atoms. The maximum Gasteiger partial charge on any atom is 0 e. The Morgan fingerprint density at radius 1 is 0.889 bits per heavy atom. The minimum Gasteiger partial charge on any atom is -0.999 e. The maximum atomic E-state index is 9.00. The summed E-state index contributed by atoms with van der Waals surface area (Å²) in [5, 5.41) is 0. The topological polar surface area (TPSA) is 79.9 Å². The van der Waals surface area contributed by atoms with E-state index in [1.807, 2.05) is 0 Å². The molecule has 27 heavy (non-hydrogen) atoms. The molecule has 0 aliphatic carbocycles. The van der Waals surface area contributed by atoms with Crippen molar-refractivity contribution in [1.29, 1.82) is 0 Å². The van der Waals surface area contributed by atoms with Gasteiger partial charge in [-0.2, -0.15) is 0 Å². The van der Waals surface area contributed by atoms with Crippen molar-refractivity contribution in [1.82, 2.24) is 0 Å². The maximum absolute atomic E-state index is 9.00. The molecule has 0 heterocycles. The van der Waals surface area contributed by atoms with Crippen molar-refractivity contribution in [2.24, 2.45) is 0 Å². The second-order valence-electron chi connectivity index (χ2n) is 5.15. The fourth-order valence-electron chi connectivity index (χ4n) is 1.84. The number of rotatable bonds is 9. The van der Waals surface area contributed by atoms with E-state index in [0.29, 0.717) is 0 Å². The Balaban J connectivity index is -0.0000000950. The van der Waals surface area contributed by atoms with E-state index >= 15 is 0 Å². The Morgan fingerprint density at radius 3 is 1.30 bits per heavy atom. The summed E-state index contributed by atoms with van der Waals surface area (Å²) < 4.78 is 33.0. The van der Waals surface area contributed by atoms with Gasteiger partial charge in [-0.1, -0.05) is 51.1 Å². The first kappa shape index (κ1) is 37.8. The molecule has 1 rings (SSSR count). The SMILES string of the molecule is CCCC[PH+](CCCC)CCCC.CS(=O)[O-].[C-]#[O+].[C-]#[O+].[Mo].[c-]1[c-][c-][cH-][c-]1. The Labute approximate surface area is 185 Å². The molecule has 0 N–H and O–H groups in total. The predicted molar refractivity (Wildman–Crippen MR) is 108 cm³/mol. The van der Waals surface area contributed by atoms with Crippen LogP contribution in [-0.2, 0) is 41.5 Å². The molecule has 7 heteroatoms. The molecule has 0 aliphatic rings. The Hall–Kier alpha value is 0.0583. The van der Waals surface area contributed by atoms with Crippen LogP contribution in [0.5, 0.6) is 0 Å². The van der Waals surface area contributed by atoms with Gasteiger partial charge in [0.25, 0.3) is 0 Å². The largest absolute Gasteiger partial charge is 0.999 e. The van der Waals surface area contributed by atoms with Gasteiger partial charge >= 0.3 is 22.6 Å². The van der Waals surface area contributed by atoms with Gasteiger partial charge < -0.3 is 34.9 Å². The molecule has 0 radical (unpaired) electrons. The smallest absolute Gasteiger partial charge is 0 e. The van der Waals surface area contributed by atoms with Crippen LogP contribution in [0.25, 0.3) is 0 Å². The van der Waals surface area contributed by atoms with E-state index in [9.17, 15) is 0 Å². The minimum absolute atomic E-state index is 0. The second-order valence-corrected chi connectivity index (χ2v) is 8.95. The quantitative estimate of drug-likeness (QED) is 0.165. The normalized spacial score (nSPS) is 9.26. The molecule has 1 aromatic carbocycles. The molecule has 0 saturated heterocycles. The molecule has 0 fully saturated rings. The standard InChI is InChI=1S/C12H27P.C5H.CH4O2S.2CO.Mo/c1-4-7-10-13(11-8-5-2)12-9-6-3;1-2-4-5-3-1;1-4(2)3;2*1-2;/h4-12H2,1-3H3;1H;1H3,(H,2,3);;;/q;-5;;;;. The van der Waals surface area contributed by atoms with Crippen LogP contribution in [0.15, 0.2) is 6.07 Å². The van der Waals surface area contributed by atoms with Crippen molar-refractivity contribution in [2.45, 2.75) is 59.3 Å². The fraction of sp³-hybridized carbons (Fsp3) is 0.650. The van der Waals surface area contributed by atoms with Crippen LogP contribution in [0, 0.1) is 37.6 Å². The molecule has 0 aromatic heterocycles. The summed E-state index contributed by atoms with van der Waals surface area (Å²) in [7, 11) is 0.0675. The first-order chi connectivity index (χ1) is 12.6. The summed E-state index contributed by atoms with van der Waals surface area (Å²) in [5.41, 5.74) is 0. The van der Waals surface area contributed by atoms with Crippen molar-refractivity contribution in [3.8, 4) is 0 Å². The van der Waals surface area contributed by atoms with Gasteiger partial charge in [0.15, 0.2) is 0 Å². The van der Waals surface area contributed by atoms with E-state index in [-0.39, 0.29) is 29.0 Å². The zero-order valence-corrected chi connectivity index (χ0v) is 20.7. The van der Waals surface area contributed by atoms with Gasteiger partial charge in [-0.25, -0.2) is 0 Å². The molecule has 0 saturated carbocycles. The van der Waals surface area contributed by atoms with E-state index < -0.39 is 11.1 Å². The summed E-state index contributed by atoms with van der Waals surface area (Å²) in [4.78, 5) is 0. The van der Waals surface area contributed by atoms with Crippen LogP contribution in [0.4, 0.5) is 0 Å². The van der Waals surface area contributed by atoms with Crippen molar-refractivity contribution in [3.63, 3.8) is 0 Å². The molecule has 0 spiro atoms. The van der Waals surface area contributed by atoms with E-state index in [2.05, 4.69) is 58.3 Å². The van der Waals surface area contributed by atoms with Crippen LogP contribution in [0.2, 0.25) is 0 Å². The molecular weight excluding hydrogens is 463 g/mol. The fourth-order valence-corrected chi connectivity index (χ4v) is 5.15. The average molecular weight is 495 g/mol. The average Bonchev–Trinajstić information content (AvgIpc) is 3.24. The molecule has 1 aromatic rings. The van der Waals surface area contributed by atoms with Gasteiger partial charge in [-0.05, 0) is 25.5 Å². The van der Waals surface area contributed by atoms with Crippen LogP contribution in [0.1, 0.15) is 59.3 Å². The van der Waals surface area contributed by atoms with Gasteiger partial charge in [0.2, 0.25) is 0 Å². The van der Waals surface area contributed by atoms with E-state index in [0.717, 1.165) is 6.26 Å². The van der Waals surface area contributed by atoms with Gasteiger partial charge in [-0.3, -0.25) is 4.21 Å². The third-order valence-corrected chi connectivity index (χ3v) is 6.18. The first-order valence-electron chi connectivity index (χ1n) is 8.66. The van der Waals surface area contributed by atoms with Crippen molar-refractivity contribution in [2.75, 3.05) is 24.7 Å². The summed E-state index contributed by atoms with van der Waals surface area (Å²) in [6.07, 6.45) is 14.5. The van der Waals surface area contributed by atoms with Crippen LogP contribution in [0.3, 0.4) is 0 Å². The van der Waals surface area contributed by atoms with Gasteiger partial charge in [0.1, 0.15) is 0 Å². The van der Waals surface area contributed by atoms with E-state index in [1.165, 1.54) is 38.5 Å².